The van der Waals surface area contributed by atoms with Gasteiger partial charge in [-0.05, 0) is 88.0 Å². The van der Waals surface area contributed by atoms with E-state index in [9.17, 15) is 23.7 Å². The van der Waals surface area contributed by atoms with Crippen LogP contribution in [0.4, 0.5) is 24.5 Å². The summed E-state index contributed by atoms with van der Waals surface area (Å²) in [5.41, 5.74) is 6.63. The van der Waals surface area contributed by atoms with E-state index in [1.54, 1.807) is 24.3 Å². The molecule has 0 aliphatic carbocycles. The van der Waals surface area contributed by atoms with E-state index in [0.29, 0.717) is 22.6 Å². The van der Waals surface area contributed by atoms with E-state index in [-0.39, 0.29) is 22.4 Å². The van der Waals surface area contributed by atoms with Crippen LogP contribution in [0.5, 0.6) is 0 Å². The molecule has 0 spiro atoms. The topological polar surface area (TPSA) is 66.2 Å². The van der Waals surface area contributed by atoms with E-state index in [1.807, 2.05) is 137 Å². The second kappa shape index (κ2) is 14.4. The maximum atomic E-state index is 15.0. The molecule has 9 heteroatoms. The Morgan fingerprint density at radius 2 is 0.984 bits per heavy atom. The molecular weight excluding hydrogens is 778 g/mol. The fraction of sp³-hybridized carbons (Fsp3) is 0.0189. The standard InChI is InChI=1S/C53H27F3N6/c1-59-45-16-8-5-13-37(45)34-21-24-42-39-14-6-9-17-47(39)61(50(42)27-34)51-28-43(38-22-19-32(30-57)25-44(38)53(54,55)56)46(60-2)29-52(51)62-48-18-10-7-15-40(48)41-23-20-33(26-49(41)62)36-12-4-3-11-35(36)31-58/h3-29H. The number of nitrogens with zero attached hydrogens (tertiary/aromatic N) is 6. The van der Waals surface area contributed by atoms with Gasteiger partial charge in [-0.1, -0.05) is 109 Å². The summed E-state index contributed by atoms with van der Waals surface area (Å²) in [6, 6.07) is 53.1. The van der Waals surface area contributed by atoms with Crippen LogP contribution < -0.4 is 0 Å². The molecule has 0 aliphatic heterocycles. The highest BCUT2D eigenvalue weighted by atomic mass is 19.4. The molecule has 0 aliphatic rings. The lowest BCUT2D eigenvalue weighted by Crippen LogP contribution is -2.09. The molecule has 0 fully saturated rings. The number of rotatable bonds is 5. The average molecular weight is 805 g/mol. The Morgan fingerprint density at radius 3 is 1.58 bits per heavy atom. The summed E-state index contributed by atoms with van der Waals surface area (Å²) in [5.74, 6) is 0. The van der Waals surface area contributed by atoms with Crippen molar-refractivity contribution in [2.75, 3.05) is 0 Å². The highest BCUT2D eigenvalue weighted by molar-refractivity contribution is 6.13. The van der Waals surface area contributed by atoms with E-state index >= 15 is 0 Å². The van der Waals surface area contributed by atoms with Crippen LogP contribution in [0, 0.1) is 35.8 Å². The lowest BCUT2D eigenvalue weighted by Gasteiger charge is -2.21. The molecule has 0 amide bonds. The van der Waals surface area contributed by atoms with Crippen molar-refractivity contribution >= 4 is 55.0 Å². The molecule has 0 saturated heterocycles. The first-order valence-electron chi connectivity index (χ1n) is 19.4. The maximum Gasteiger partial charge on any atom is 0.417 e. The SMILES string of the molecule is [C-]#[N+]c1ccccc1-c1ccc2c3ccccc3n(-c3cc(-c4ccc(C#N)cc4C(F)(F)F)c([N+]#[C-])cc3-n3c4ccccc4c4ccc(-c5ccccc5C#N)cc43)c2c1. The minimum absolute atomic E-state index is 0.0247. The third kappa shape index (κ3) is 5.85. The third-order valence-corrected chi connectivity index (χ3v) is 11.5. The summed E-state index contributed by atoms with van der Waals surface area (Å²) in [7, 11) is 0. The average Bonchev–Trinajstić information content (AvgIpc) is 3.82. The Kier molecular flexibility index (Phi) is 8.70. The second-order valence-corrected chi connectivity index (χ2v) is 14.8. The number of aromatic nitrogens is 2. The van der Waals surface area contributed by atoms with Crippen molar-refractivity contribution in [2.24, 2.45) is 0 Å². The number of alkyl halides is 3. The second-order valence-electron chi connectivity index (χ2n) is 14.8. The van der Waals surface area contributed by atoms with E-state index in [1.165, 1.54) is 12.1 Å². The molecule has 290 valence electrons. The van der Waals surface area contributed by atoms with Crippen LogP contribution >= 0.6 is 0 Å². The zero-order chi connectivity index (χ0) is 42.7. The summed E-state index contributed by atoms with van der Waals surface area (Å²) in [5, 5.41) is 23.3. The molecule has 6 nitrogen and oxygen atoms in total. The summed E-state index contributed by atoms with van der Waals surface area (Å²) in [6.45, 7) is 16.4. The van der Waals surface area contributed by atoms with E-state index in [0.717, 1.165) is 71.9 Å². The van der Waals surface area contributed by atoms with Gasteiger partial charge in [-0.2, -0.15) is 23.7 Å². The number of para-hydroxylation sites is 3. The molecule has 0 N–H and O–H groups in total. The van der Waals surface area contributed by atoms with Gasteiger partial charge in [0, 0.05) is 21.5 Å². The van der Waals surface area contributed by atoms with E-state index in [4.69, 9.17) is 13.1 Å². The molecule has 8 aromatic carbocycles. The number of fused-ring (bicyclic) bond motifs is 6. The van der Waals surface area contributed by atoms with Gasteiger partial charge in [0.05, 0.1) is 75.4 Å². The fourth-order valence-electron chi connectivity index (χ4n) is 8.76. The minimum atomic E-state index is -4.85. The van der Waals surface area contributed by atoms with Crippen LogP contribution in [0.3, 0.4) is 0 Å². The van der Waals surface area contributed by atoms with Crippen molar-refractivity contribution in [3.63, 3.8) is 0 Å². The lowest BCUT2D eigenvalue weighted by molar-refractivity contribution is -0.137. The van der Waals surface area contributed by atoms with Crippen molar-refractivity contribution in [3.05, 3.63) is 203 Å². The van der Waals surface area contributed by atoms with Gasteiger partial charge in [0.1, 0.15) is 0 Å². The minimum Gasteiger partial charge on any atom is -0.308 e. The molecule has 10 aromatic rings. The normalized spacial score (nSPS) is 11.4. The maximum absolute atomic E-state index is 15.0. The van der Waals surface area contributed by atoms with Gasteiger partial charge in [0.2, 0.25) is 0 Å². The monoisotopic (exact) mass is 804 g/mol. The summed E-state index contributed by atoms with van der Waals surface area (Å²) < 4.78 is 49.0. The largest absolute Gasteiger partial charge is 0.417 e. The summed E-state index contributed by atoms with van der Waals surface area (Å²) >= 11 is 0. The first-order chi connectivity index (χ1) is 30.2. The number of halogens is 3. The Balaban J connectivity index is 1.39. The number of hydrogen-bond donors (Lipinski definition) is 0. The van der Waals surface area contributed by atoms with Gasteiger partial charge in [0.15, 0.2) is 11.4 Å². The summed E-state index contributed by atoms with van der Waals surface area (Å²) in [4.78, 5) is 7.66. The molecule has 0 atom stereocenters. The molecule has 62 heavy (non-hydrogen) atoms. The van der Waals surface area contributed by atoms with E-state index in [2.05, 4.69) is 15.8 Å². The first kappa shape index (κ1) is 37.4. The van der Waals surface area contributed by atoms with Crippen molar-refractivity contribution in [1.82, 2.24) is 9.13 Å². The summed E-state index contributed by atoms with van der Waals surface area (Å²) in [6.07, 6.45) is -4.85. The van der Waals surface area contributed by atoms with Crippen molar-refractivity contribution in [2.45, 2.75) is 6.18 Å². The quantitative estimate of drug-likeness (QED) is 0.163. The number of benzene rings is 8. The van der Waals surface area contributed by atoms with Crippen molar-refractivity contribution in [1.29, 1.82) is 10.5 Å². The van der Waals surface area contributed by atoms with Gasteiger partial charge in [-0.3, -0.25) is 0 Å². The lowest BCUT2D eigenvalue weighted by atomic mass is 9.94. The van der Waals surface area contributed by atoms with Crippen LogP contribution in [0.15, 0.2) is 164 Å². The number of nitriles is 2. The fourth-order valence-corrected chi connectivity index (χ4v) is 8.76. The Labute approximate surface area is 353 Å². The highest BCUT2D eigenvalue weighted by Gasteiger charge is 2.35. The van der Waals surface area contributed by atoms with Crippen LogP contribution in [0.2, 0.25) is 0 Å². The van der Waals surface area contributed by atoms with Crippen LogP contribution in [-0.2, 0) is 6.18 Å². The van der Waals surface area contributed by atoms with Crippen LogP contribution in [-0.4, -0.2) is 9.13 Å². The molecule has 2 heterocycles. The van der Waals surface area contributed by atoms with Gasteiger partial charge in [-0.25, -0.2) is 9.69 Å². The van der Waals surface area contributed by atoms with Crippen molar-refractivity contribution in [3.8, 4) is 56.9 Å². The predicted octanol–water partition coefficient (Wildman–Crippen LogP) is 14.7. The van der Waals surface area contributed by atoms with Gasteiger partial charge < -0.3 is 9.13 Å². The molecule has 10 rings (SSSR count). The zero-order valence-corrected chi connectivity index (χ0v) is 32.4. The molecule has 0 radical (unpaired) electrons. The van der Waals surface area contributed by atoms with Crippen molar-refractivity contribution < 1.29 is 13.2 Å². The van der Waals surface area contributed by atoms with Crippen LogP contribution in [0.1, 0.15) is 16.7 Å². The smallest absolute Gasteiger partial charge is 0.308 e. The third-order valence-electron chi connectivity index (χ3n) is 11.5. The highest BCUT2D eigenvalue weighted by Crippen LogP contribution is 2.47. The predicted molar refractivity (Wildman–Crippen MR) is 238 cm³/mol. The van der Waals surface area contributed by atoms with Crippen LogP contribution in [0.25, 0.3) is 98.1 Å². The van der Waals surface area contributed by atoms with E-state index < -0.39 is 11.7 Å². The molecule has 2 aromatic heterocycles. The van der Waals surface area contributed by atoms with Gasteiger partial charge >= 0.3 is 6.18 Å². The molecule has 0 unspecified atom stereocenters. The zero-order valence-electron chi connectivity index (χ0n) is 32.4. The molecule has 0 saturated carbocycles. The Bertz CT molecular complexity index is 3690. The van der Waals surface area contributed by atoms with Gasteiger partial charge in [-0.15, -0.1) is 0 Å². The molecular formula is C53H27F3N6. The Hall–Kier alpha value is -8.89. The Morgan fingerprint density at radius 1 is 0.452 bits per heavy atom. The van der Waals surface area contributed by atoms with Gasteiger partial charge in [0.25, 0.3) is 0 Å². The molecule has 0 bridgehead atoms. The number of hydrogen-bond acceptors (Lipinski definition) is 2. The first-order valence-corrected chi connectivity index (χ1v) is 19.4.